The molecular weight excluding hydrogens is 248 g/mol. The standard InChI is InChI=1S/C13H21ClN4/c1-4-11-15-12(14)10(2)13(16-11)18-7-5-6-17(3)8-9-18/h4-9H2,1-3H3. The van der Waals surface area contributed by atoms with Gasteiger partial charge in [-0.2, -0.15) is 0 Å². The lowest BCUT2D eigenvalue weighted by Crippen LogP contribution is -2.30. The largest absolute Gasteiger partial charge is 0.355 e. The number of hydrogen-bond donors (Lipinski definition) is 0. The van der Waals surface area contributed by atoms with Crippen molar-refractivity contribution in [2.45, 2.75) is 26.7 Å². The summed E-state index contributed by atoms with van der Waals surface area (Å²) in [7, 11) is 2.17. The molecule has 5 heteroatoms. The summed E-state index contributed by atoms with van der Waals surface area (Å²) in [6.07, 6.45) is 1.99. The molecule has 0 atom stereocenters. The Morgan fingerprint density at radius 2 is 1.94 bits per heavy atom. The summed E-state index contributed by atoms with van der Waals surface area (Å²) in [6, 6.07) is 0. The normalized spacial score (nSPS) is 17.9. The van der Waals surface area contributed by atoms with Crippen molar-refractivity contribution in [2.24, 2.45) is 0 Å². The first kappa shape index (κ1) is 13.6. The third-order valence-corrected chi connectivity index (χ3v) is 3.81. The van der Waals surface area contributed by atoms with Gasteiger partial charge in [0.05, 0.1) is 0 Å². The van der Waals surface area contributed by atoms with Crippen molar-refractivity contribution in [3.63, 3.8) is 0 Å². The monoisotopic (exact) mass is 268 g/mol. The molecule has 0 radical (unpaired) electrons. The highest BCUT2D eigenvalue weighted by Gasteiger charge is 2.18. The molecule has 2 heterocycles. The van der Waals surface area contributed by atoms with Gasteiger partial charge in [0, 0.05) is 31.6 Å². The van der Waals surface area contributed by atoms with Gasteiger partial charge in [0.2, 0.25) is 0 Å². The molecule has 0 N–H and O–H groups in total. The number of aryl methyl sites for hydroxylation is 1. The Balaban J connectivity index is 2.28. The van der Waals surface area contributed by atoms with Crippen LogP contribution in [0.5, 0.6) is 0 Å². The van der Waals surface area contributed by atoms with E-state index in [1.54, 1.807) is 0 Å². The van der Waals surface area contributed by atoms with Crippen LogP contribution in [0.2, 0.25) is 5.15 Å². The molecule has 0 bridgehead atoms. The molecule has 1 saturated heterocycles. The van der Waals surface area contributed by atoms with Gasteiger partial charge in [-0.3, -0.25) is 0 Å². The molecule has 100 valence electrons. The van der Waals surface area contributed by atoms with E-state index < -0.39 is 0 Å². The average molecular weight is 269 g/mol. The number of aromatic nitrogens is 2. The Kier molecular flexibility index (Phi) is 4.40. The molecule has 4 nitrogen and oxygen atoms in total. The fourth-order valence-corrected chi connectivity index (χ4v) is 2.43. The van der Waals surface area contributed by atoms with Crippen molar-refractivity contribution in [1.29, 1.82) is 0 Å². The van der Waals surface area contributed by atoms with E-state index in [1.165, 1.54) is 6.42 Å². The third kappa shape index (κ3) is 2.93. The molecule has 1 aromatic rings. The lowest BCUT2D eigenvalue weighted by molar-refractivity contribution is 0.360. The van der Waals surface area contributed by atoms with Gasteiger partial charge in [0.25, 0.3) is 0 Å². The zero-order valence-electron chi connectivity index (χ0n) is 11.4. The van der Waals surface area contributed by atoms with E-state index in [2.05, 4.69) is 33.7 Å². The van der Waals surface area contributed by atoms with Crippen molar-refractivity contribution in [3.05, 3.63) is 16.5 Å². The third-order valence-electron chi connectivity index (χ3n) is 3.44. The first-order chi connectivity index (χ1) is 8.61. The molecule has 0 amide bonds. The summed E-state index contributed by atoms with van der Waals surface area (Å²) in [5, 5.41) is 0.592. The second-order valence-electron chi connectivity index (χ2n) is 4.88. The maximum Gasteiger partial charge on any atom is 0.137 e. The number of likely N-dealkylation sites (N-methyl/N-ethyl adjacent to an activating group) is 1. The average Bonchev–Trinajstić information content (AvgIpc) is 2.57. The fourth-order valence-electron chi connectivity index (χ4n) is 2.24. The summed E-state index contributed by atoms with van der Waals surface area (Å²) in [4.78, 5) is 13.7. The molecule has 18 heavy (non-hydrogen) atoms. The Hall–Kier alpha value is -0.870. The number of anilines is 1. The molecule has 2 rings (SSSR count). The van der Waals surface area contributed by atoms with E-state index in [0.29, 0.717) is 5.15 Å². The molecule has 1 fully saturated rings. The summed E-state index contributed by atoms with van der Waals surface area (Å²) in [5.41, 5.74) is 0.999. The fraction of sp³-hybridized carbons (Fsp3) is 0.692. The van der Waals surface area contributed by atoms with Gasteiger partial charge in [0.1, 0.15) is 16.8 Å². The summed E-state index contributed by atoms with van der Waals surface area (Å²) >= 11 is 6.20. The van der Waals surface area contributed by atoms with Crippen molar-refractivity contribution >= 4 is 17.4 Å². The minimum atomic E-state index is 0.592. The second kappa shape index (κ2) is 5.85. The Morgan fingerprint density at radius 1 is 1.17 bits per heavy atom. The summed E-state index contributed by atoms with van der Waals surface area (Å²) in [6.45, 7) is 8.33. The van der Waals surface area contributed by atoms with E-state index in [4.69, 9.17) is 11.6 Å². The van der Waals surface area contributed by atoms with Crippen LogP contribution in [0.25, 0.3) is 0 Å². The predicted octanol–water partition coefficient (Wildman–Crippen LogP) is 2.14. The van der Waals surface area contributed by atoms with Gasteiger partial charge in [-0.1, -0.05) is 18.5 Å². The number of hydrogen-bond acceptors (Lipinski definition) is 4. The summed E-state index contributed by atoms with van der Waals surface area (Å²) in [5.74, 6) is 1.85. The van der Waals surface area contributed by atoms with Crippen LogP contribution in [0.1, 0.15) is 24.7 Å². The van der Waals surface area contributed by atoms with Crippen LogP contribution < -0.4 is 4.90 Å². The van der Waals surface area contributed by atoms with Crippen LogP contribution in [-0.2, 0) is 6.42 Å². The number of rotatable bonds is 2. The molecule has 0 saturated carbocycles. The highest BCUT2D eigenvalue weighted by Crippen LogP contribution is 2.24. The first-order valence-electron chi connectivity index (χ1n) is 6.58. The Bertz CT molecular complexity index is 422. The highest BCUT2D eigenvalue weighted by atomic mass is 35.5. The Morgan fingerprint density at radius 3 is 2.67 bits per heavy atom. The predicted molar refractivity (Wildman–Crippen MR) is 75.5 cm³/mol. The molecule has 1 aliphatic rings. The van der Waals surface area contributed by atoms with E-state index in [1.807, 2.05) is 6.92 Å². The Labute approximate surface area is 114 Å². The highest BCUT2D eigenvalue weighted by molar-refractivity contribution is 6.30. The molecule has 1 aromatic heterocycles. The van der Waals surface area contributed by atoms with Crippen LogP contribution in [0.15, 0.2) is 0 Å². The molecule has 0 unspecified atom stereocenters. The summed E-state index contributed by atoms with van der Waals surface area (Å²) < 4.78 is 0. The molecule has 0 aliphatic carbocycles. The van der Waals surface area contributed by atoms with E-state index in [-0.39, 0.29) is 0 Å². The first-order valence-corrected chi connectivity index (χ1v) is 6.96. The zero-order chi connectivity index (χ0) is 13.1. The van der Waals surface area contributed by atoms with Gasteiger partial charge in [-0.25, -0.2) is 9.97 Å². The molecule has 0 aromatic carbocycles. The van der Waals surface area contributed by atoms with Gasteiger partial charge >= 0.3 is 0 Å². The number of nitrogens with zero attached hydrogens (tertiary/aromatic N) is 4. The van der Waals surface area contributed by atoms with E-state index in [0.717, 1.165) is 49.8 Å². The van der Waals surface area contributed by atoms with Crippen molar-refractivity contribution in [2.75, 3.05) is 38.1 Å². The minimum absolute atomic E-state index is 0.592. The van der Waals surface area contributed by atoms with Gasteiger partial charge in [0.15, 0.2) is 0 Å². The smallest absolute Gasteiger partial charge is 0.137 e. The lowest BCUT2D eigenvalue weighted by Gasteiger charge is -2.24. The number of halogens is 1. The SMILES string of the molecule is CCc1nc(Cl)c(C)c(N2CCCN(C)CC2)n1. The molecular formula is C13H21ClN4. The van der Waals surface area contributed by atoms with Gasteiger partial charge in [-0.15, -0.1) is 0 Å². The van der Waals surface area contributed by atoms with Crippen molar-refractivity contribution in [1.82, 2.24) is 14.9 Å². The topological polar surface area (TPSA) is 32.3 Å². The van der Waals surface area contributed by atoms with Crippen molar-refractivity contribution < 1.29 is 0 Å². The van der Waals surface area contributed by atoms with Crippen LogP contribution in [0, 0.1) is 6.92 Å². The molecule has 1 aliphatic heterocycles. The quantitative estimate of drug-likeness (QED) is 0.770. The second-order valence-corrected chi connectivity index (χ2v) is 5.23. The lowest BCUT2D eigenvalue weighted by atomic mass is 10.3. The van der Waals surface area contributed by atoms with Crippen LogP contribution in [-0.4, -0.2) is 48.1 Å². The zero-order valence-corrected chi connectivity index (χ0v) is 12.2. The van der Waals surface area contributed by atoms with Gasteiger partial charge < -0.3 is 9.80 Å². The van der Waals surface area contributed by atoms with Crippen molar-refractivity contribution in [3.8, 4) is 0 Å². The van der Waals surface area contributed by atoms with Crippen LogP contribution in [0.3, 0.4) is 0 Å². The molecule has 0 spiro atoms. The maximum absolute atomic E-state index is 6.20. The van der Waals surface area contributed by atoms with Crippen LogP contribution in [0.4, 0.5) is 5.82 Å². The minimum Gasteiger partial charge on any atom is -0.355 e. The van der Waals surface area contributed by atoms with Gasteiger partial charge in [-0.05, 0) is 26.9 Å². The maximum atomic E-state index is 6.20. The van der Waals surface area contributed by atoms with Crippen LogP contribution >= 0.6 is 11.6 Å². The van der Waals surface area contributed by atoms with E-state index >= 15 is 0 Å². The van der Waals surface area contributed by atoms with E-state index in [9.17, 15) is 0 Å².